The van der Waals surface area contributed by atoms with E-state index in [1.54, 1.807) is 47.4 Å². The number of fused-ring (bicyclic) bond motifs is 1. The van der Waals surface area contributed by atoms with Crippen molar-refractivity contribution >= 4 is 29.3 Å². The molecule has 3 amide bonds. The first-order valence-corrected chi connectivity index (χ1v) is 19.7. The van der Waals surface area contributed by atoms with Crippen LogP contribution < -0.4 is 14.8 Å². The highest BCUT2D eigenvalue weighted by atomic mass is 35.5. The van der Waals surface area contributed by atoms with E-state index in [1.807, 2.05) is 48.7 Å². The molecule has 5 aromatic rings. The molecule has 15 nitrogen and oxygen atoms in total. The number of pyridine rings is 1. The Morgan fingerprint density at radius 3 is 1.98 bits per heavy atom. The zero-order valence-corrected chi connectivity index (χ0v) is 33.0. The highest BCUT2D eigenvalue weighted by Crippen LogP contribution is 2.36. The molecule has 1 fully saturated rings. The summed E-state index contributed by atoms with van der Waals surface area (Å²) >= 11 is 6.06. The van der Waals surface area contributed by atoms with Crippen LogP contribution in [0.15, 0.2) is 91.4 Å². The molecule has 0 spiro atoms. The van der Waals surface area contributed by atoms with Gasteiger partial charge >= 0.3 is 0 Å². The monoisotopic (exact) mass is 825 g/mol. The number of rotatable bonds is 21. The highest BCUT2D eigenvalue weighted by molar-refractivity contribution is 6.32. The number of carbonyl (C=O) groups is 3. The second kappa shape index (κ2) is 20.2. The third-order valence-electron chi connectivity index (χ3n) is 9.63. The van der Waals surface area contributed by atoms with Crippen molar-refractivity contribution in [1.29, 1.82) is 0 Å². The van der Waals surface area contributed by atoms with Crippen molar-refractivity contribution in [1.82, 2.24) is 25.0 Å². The summed E-state index contributed by atoms with van der Waals surface area (Å²) in [6.45, 7) is 4.31. The number of ether oxygens (including phenoxy) is 6. The number of amides is 3. The molecule has 1 atom stereocenters. The Bertz CT molecular complexity index is 2220. The van der Waals surface area contributed by atoms with Crippen LogP contribution in [0.3, 0.4) is 0 Å². The molecule has 16 heteroatoms. The van der Waals surface area contributed by atoms with E-state index in [-0.39, 0.29) is 29.0 Å². The molecule has 0 bridgehead atoms. The van der Waals surface area contributed by atoms with Gasteiger partial charge in [-0.2, -0.15) is 5.10 Å². The quantitative estimate of drug-likeness (QED) is 0.0729. The Balaban J connectivity index is 0.711. The summed E-state index contributed by atoms with van der Waals surface area (Å²) in [5.41, 5.74) is 5.41. The van der Waals surface area contributed by atoms with Crippen LogP contribution in [0.2, 0.25) is 5.02 Å². The number of hydrogen-bond acceptors (Lipinski definition) is 12. The number of nitrogens with one attached hydrogen (secondary N) is 1. The normalized spacial score (nSPS) is 15.0. The lowest BCUT2D eigenvalue weighted by Crippen LogP contribution is -2.52. The van der Waals surface area contributed by atoms with Crippen molar-refractivity contribution in [2.75, 3.05) is 66.1 Å². The van der Waals surface area contributed by atoms with Gasteiger partial charge in [0.1, 0.15) is 42.2 Å². The Hall–Kier alpha value is -5.84. The fourth-order valence-corrected chi connectivity index (χ4v) is 6.77. The maximum atomic E-state index is 12.9. The van der Waals surface area contributed by atoms with Gasteiger partial charge in [0.15, 0.2) is 0 Å². The summed E-state index contributed by atoms with van der Waals surface area (Å²) in [4.78, 5) is 42.2. The number of piperidine rings is 1. The summed E-state index contributed by atoms with van der Waals surface area (Å²) in [6, 6.07) is 21.1. The van der Waals surface area contributed by atoms with E-state index in [1.165, 1.54) is 4.90 Å². The number of hydrogen-bond donors (Lipinski definition) is 2. The van der Waals surface area contributed by atoms with Gasteiger partial charge in [-0.15, -0.1) is 0 Å². The van der Waals surface area contributed by atoms with E-state index >= 15 is 0 Å². The number of nitrogens with zero attached hydrogens (tertiary/aromatic N) is 4. The van der Waals surface area contributed by atoms with Gasteiger partial charge in [0.25, 0.3) is 5.91 Å². The van der Waals surface area contributed by atoms with Crippen LogP contribution in [0.5, 0.6) is 17.2 Å². The maximum Gasteiger partial charge on any atom is 0.255 e. The van der Waals surface area contributed by atoms with Gasteiger partial charge in [-0.1, -0.05) is 17.7 Å². The standard InChI is InChI=1S/C43H44ClN5O10/c44-37-8-1-30(26-39(37)50)36-28-49(47-41(36)29-11-13-45-14-12-29)32-2-4-33(5-3-32)58-23-21-56-19-17-54-15-16-55-18-20-57-22-24-59-34-6-7-35-31(25-34)27-48(43(35)53)38-9-10-40(51)46-42(38)52/h1-8,11-14,25-26,28,38,50H,9-10,15-24,27H2,(H,46,51,52). The van der Waals surface area contributed by atoms with Crippen molar-refractivity contribution in [2.45, 2.75) is 25.4 Å². The topological polar surface area (TPSA) is 173 Å². The lowest BCUT2D eigenvalue weighted by atomic mass is 10.0. The van der Waals surface area contributed by atoms with Crippen LogP contribution in [0.1, 0.15) is 28.8 Å². The number of carbonyl (C=O) groups excluding carboxylic acids is 3. The Morgan fingerprint density at radius 1 is 0.712 bits per heavy atom. The Labute approximate surface area is 345 Å². The Morgan fingerprint density at radius 2 is 1.34 bits per heavy atom. The summed E-state index contributed by atoms with van der Waals surface area (Å²) in [7, 11) is 0. The van der Waals surface area contributed by atoms with E-state index < -0.39 is 11.9 Å². The van der Waals surface area contributed by atoms with Gasteiger partial charge in [-0.3, -0.25) is 24.7 Å². The van der Waals surface area contributed by atoms with E-state index in [2.05, 4.69) is 10.3 Å². The van der Waals surface area contributed by atoms with Gasteiger partial charge in [0.2, 0.25) is 11.8 Å². The molecule has 2 N–H and O–H groups in total. The second-order valence-electron chi connectivity index (χ2n) is 13.6. The van der Waals surface area contributed by atoms with Gasteiger partial charge in [-0.05, 0) is 84.3 Å². The molecule has 4 heterocycles. The molecule has 1 saturated heterocycles. The van der Waals surface area contributed by atoms with Gasteiger partial charge in [0, 0.05) is 48.2 Å². The summed E-state index contributed by atoms with van der Waals surface area (Å²) in [5, 5.41) is 17.7. The van der Waals surface area contributed by atoms with Crippen LogP contribution in [-0.4, -0.2) is 115 Å². The van der Waals surface area contributed by atoms with Crippen LogP contribution in [-0.2, 0) is 35.1 Å². The molecule has 3 aromatic carbocycles. The minimum Gasteiger partial charge on any atom is -0.506 e. The molecular formula is C43H44ClN5O10. The summed E-state index contributed by atoms with van der Waals surface area (Å²) in [5.74, 6) is 0.345. The summed E-state index contributed by atoms with van der Waals surface area (Å²) < 4.78 is 35.8. The number of phenols is 1. The minimum atomic E-state index is -0.649. The molecule has 2 aliphatic heterocycles. The number of imide groups is 1. The predicted octanol–water partition coefficient (Wildman–Crippen LogP) is 5.25. The van der Waals surface area contributed by atoms with Gasteiger partial charge in [0.05, 0.1) is 63.6 Å². The van der Waals surface area contributed by atoms with Crippen molar-refractivity contribution in [2.24, 2.45) is 0 Å². The third-order valence-corrected chi connectivity index (χ3v) is 9.95. The lowest BCUT2D eigenvalue weighted by Gasteiger charge is -2.29. The van der Waals surface area contributed by atoms with Crippen molar-refractivity contribution in [3.8, 4) is 45.3 Å². The molecule has 308 valence electrons. The van der Waals surface area contributed by atoms with E-state index in [0.717, 1.165) is 33.6 Å². The third kappa shape index (κ3) is 10.8. The average molecular weight is 826 g/mol. The zero-order valence-electron chi connectivity index (χ0n) is 32.2. The molecule has 0 saturated carbocycles. The fraction of sp³-hybridized carbons (Fsp3) is 0.326. The van der Waals surface area contributed by atoms with Gasteiger partial charge in [-0.25, -0.2) is 4.68 Å². The number of halogens is 1. The number of aromatic hydroxyl groups is 1. The van der Waals surface area contributed by atoms with E-state index in [0.29, 0.717) is 96.1 Å². The largest absolute Gasteiger partial charge is 0.506 e. The molecule has 59 heavy (non-hydrogen) atoms. The first kappa shape index (κ1) is 41.3. The smallest absolute Gasteiger partial charge is 0.255 e. The van der Waals surface area contributed by atoms with Gasteiger partial charge < -0.3 is 38.4 Å². The Kier molecular flexibility index (Phi) is 14.2. The van der Waals surface area contributed by atoms with Crippen molar-refractivity contribution < 1.29 is 47.9 Å². The molecule has 1 unspecified atom stereocenters. The first-order valence-electron chi connectivity index (χ1n) is 19.3. The zero-order chi connectivity index (χ0) is 41.0. The van der Waals surface area contributed by atoms with E-state index in [4.69, 9.17) is 45.1 Å². The molecule has 0 aliphatic carbocycles. The molecule has 7 rings (SSSR count). The number of benzene rings is 3. The predicted molar refractivity (Wildman–Crippen MR) is 216 cm³/mol. The highest BCUT2D eigenvalue weighted by Gasteiger charge is 2.39. The van der Waals surface area contributed by atoms with E-state index in [9.17, 15) is 19.5 Å². The van der Waals surface area contributed by atoms with Crippen LogP contribution >= 0.6 is 11.6 Å². The molecule has 2 aromatic heterocycles. The molecule has 0 radical (unpaired) electrons. The minimum absolute atomic E-state index is 0.000501. The van der Waals surface area contributed by atoms with Crippen LogP contribution in [0, 0.1) is 0 Å². The van der Waals surface area contributed by atoms with Crippen molar-refractivity contribution in [3.63, 3.8) is 0 Å². The second-order valence-corrected chi connectivity index (χ2v) is 14.0. The van der Waals surface area contributed by atoms with Crippen LogP contribution in [0.25, 0.3) is 28.1 Å². The fourth-order valence-electron chi connectivity index (χ4n) is 6.66. The lowest BCUT2D eigenvalue weighted by molar-refractivity contribution is -0.136. The SMILES string of the molecule is O=C1CCC(N2Cc3cc(OCCOCCOCCOCCOCCOc4ccc(-n5cc(-c6ccc(Cl)c(O)c6)c(-c6ccncc6)n5)cc4)ccc3C2=O)C(=O)N1. The number of phenolic OH excluding ortho intramolecular Hbond substituents is 1. The van der Waals surface area contributed by atoms with Crippen molar-refractivity contribution in [3.05, 3.63) is 108 Å². The molecular weight excluding hydrogens is 782 g/mol. The summed E-state index contributed by atoms with van der Waals surface area (Å²) in [6.07, 6.45) is 5.88. The molecule has 2 aliphatic rings. The maximum absolute atomic E-state index is 12.9. The van der Waals surface area contributed by atoms with Crippen LogP contribution in [0.4, 0.5) is 0 Å². The average Bonchev–Trinajstić information content (AvgIpc) is 3.83. The number of aromatic nitrogens is 3. The first-order chi connectivity index (χ1) is 28.8.